The molecule has 6 nitrogen and oxygen atoms in total. The number of nitrogens with one attached hydrogen (secondary N) is 1. The summed E-state index contributed by atoms with van der Waals surface area (Å²) in [5.74, 6) is -6.50. The van der Waals surface area contributed by atoms with Crippen LogP contribution in [0.25, 0.3) is 0 Å². The van der Waals surface area contributed by atoms with E-state index in [2.05, 4.69) is 0 Å². The van der Waals surface area contributed by atoms with Crippen molar-refractivity contribution in [3.8, 4) is 0 Å². The van der Waals surface area contributed by atoms with E-state index in [1.807, 2.05) is 0 Å². The summed E-state index contributed by atoms with van der Waals surface area (Å²) in [5, 5.41) is 17.2. The van der Waals surface area contributed by atoms with Gasteiger partial charge in [-0.3, -0.25) is 4.79 Å². The second kappa shape index (κ2) is 5.55. The van der Waals surface area contributed by atoms with Gasteiger partial charge in [0.05, 0.1) is 6.61 Å². The normalized spacial score (nSPS) is 13.3. The highest BCUT2D eigenvalue weighted by Gasteiger charge is 2.30. The molecule has 0 aliphatic heterocycles. The van der Waals surface area contributed by atoms with Gasteiger partial charge in [-0.1, -0.05) is 0 Å². The molecule has 0 bridgehead atoms. The number of carbonyl (C=O) groups is 1. The van der Waals surface area contributed by atoms with Crippen molar-refractivity contribution >= 4 is 16.0 Å². The third-order valence-corrected chi connectivity index (χ3v) is 3.53. The van der Waals surface area contributed by atoms with Crippen LogP contribution in [0.2, 0.25) is 0 Å². The molecule has 1 aromatic carbocycles. The fraction of sp³-hybridized carbons (Fsp3) is 0.222. The number of aliphatic hydroxyl groups excluding tert-OH is 1. The van der Waals surface area contributed by atoms with Crippen molar-refractivity contribution in [2.75, 3.05) is 6.61 Å². The molecule has 10 heteroatoms. The Morgan fingerprint density at radius 1 is 1.26 bits per heavy atom. The molecule has 0 spiro atoms. The zero-order valence-electron chi connectivity index (χ0n) is 9.10. The van der Waals surface area contributed by atoms with Gasteiger partial charge in [-0.05, 0) is 0 Å². The lowest BCUT2D eigenvalue weighted by Gasteiger charge is -2.13. The van der Waals surface area contributed by atoms with E-state index in [-0.39, 0.29) is 12.1 Å². The van der Waals surface area contributed by atoms with Crippen LogP contribution >= 0.6 is 0 Å². The minimum absolute atomic E-state index is 0.131. The number of aliphatic carboxylic acids is 1. The van der Waals surface area contributed by atoms with E-state index in [9.17, 15) is 26.4 Å². The molecule has 0 radical (unpaired) electrons. The van der Waals surface area contributed by atoms with E-state index in [1.165, 1.54) is 4.72 Å². The first-order valence-corrected chi connectivity index (χ1v) is 6.18. The van der Waals surface area contributed by atoms with Gasteiger partial charge in [0.1, 0.15) is 23.5 Å². The molecule has 0 saturated carbocycles. The zero-order valence-corrected chi connectivity index (χ0v) is 9.92. The summed E-state index contributed by atoms with van der Waals surface area (Å²) in [6, 6.07) is -1.72. The number of hydrogen-bond acceptors (Lipinski definition) is 4. The largest absolute Gasteiger partial charge is 0.480 e. The van der Waals surface area contributed by atoms with E-state index >= 15 is 0 Å². The Bertz CT molecular complexity index is 581. The summed E-state index contributed by atoms with van der Waals surface area (Å²) in [6.45, 7) is -1.13. The Kier molecular flexibility index (Phi) is 4.50. The molecular weight excluding hydrogens is 291 g/mol. The maximum Gasteiger partial charge on any atom is 0.324 e. The van der Waals surface area contributed by atoms with Crippen molar-refractivity contribution in [2.24, 2.45) is 0 Å². The van der Waals surface area contributed by atoms with Crippen molar-refractivity contribution in [1.29, 1.82) is 0 Å². The van der Waals surface area contributed by atoms with Gasteiger partial charge in [0.25, 0.3) is 0 Å². The first-order chi connectivity index (χ1) is 8.69. The second-order valence-electron chi connectivity index (χ2n) is 3.39. The van der Waals surface area contributed by atoms with Crippen LogP contribution in [0, 0.1) is 17.5 Å². The third kappa shape index (κ3) is 3.43. The molecule has 19 heavy (non-hydrogen) atoms. The van der Waals surface area contributed by atoms with Crippen LogP contribution < -0.4 is 4.72 Å². The molecule has 106 valence electrons. The summed E-state index contributed by atoms with van der Waals surface area (Å²) < 4.78 is 63.7. The Balaban J connectivity index is 3.25. The molecule has 0 unspecified atom stereocenters. The van der Waals surface area contributed by atoms with Gasteiger partial charge in [-0.2, -0.15) is 4.72 Å². The lowest BCUT2D eigenvalue weighted by atomic mass is 10.3. The van der Waals surface area contributed by atoms with Gasteiger partial charge in [0.15, 0.2) is 4.90 Å². The predicted octanol–water partition coefficient (Wildman–Crippen LogP) is -0.172. The second-order valence-corrected chi connectivity index (χ2v) is 5.04. The van der Waals surface area contributed by atoms with Crippen LogP contribution in [0.4, 0.5) is 13.2 Å². The summed E-state index contributed by atoms with van der Waals surface area (Å²) in [4.78, 5) is 9.01. The average Bonchev–Trinajstić information content (AvgIpc) is 2.23. The van der Waals surface area contributed by atoms with E-state index < -0.39 is 51.0 Å². The molecule has 1 rings (SSSR count). The Hall–Kier alpha value is -1.65. The summed E-state index contributed by atoms with van der Waals surface area (Å²) in [6.07, 6.45) is 0. The van der Waals surface area contributed by atoms with Gasteiger partial charge in [-0.25, -0.2) is 21.6 Å². The highest BCUT2D eigenvalue weighted by Crippen LogP contribution is 2.20. The standard InChI is InChI=1S/C9H8F3NO5S/c10-4-1-5(11)8(6(12)2-4)19(17,18)13-7(3-14)9(15)16/h1-2,7,13-14H,3H2,(H,15,16)/t7-/m0/s1. The molecule has 3 N–H and O–H groups in total. The summed E-state index contributed by atoms with van der Waals surface area (Å²) in [7, 11) is -4.90. The molecule has 0 saturated heterocycles. The highest BCUT2D eigenvalue weighted by molar-refractivity contribution is 7.89. The van der Waals surface area contributed by atoms with Gasteiger partial charge in [-0.15, -0.1) is 0 Å². The van der Waals surface area contributed by atoms with Crippen molar-refractivity contribution in [3.63, 3.8) is 0 Å². The minimum atomic E-state index is -4.90. The number of rotatable bonds is 5. The quantitative estimate of drug-likeness (QED) is 0.700. The van der Waals surface area contributed by atoms with Gasteiger partial charge < -0.3 is 10.2 Å². The molecule has 1 atom stereocenters. The van der Waals surface area contributed by atoms with Gasteiger partial charge in [0, 0.05) is 12.1 Å². The Morgan fingerprint density at radius 2 is 1.74 bits per heavy atom. The number of carboxylic acids is 1. The van der Waals surface area contributed by atoms with Crippen LogP contribution in [-0.2, 0) is 14.8 Å². The van der Waals surface area contributed by atoms with Crippen molar-refractivity contribution in [1.82, 2.24) is 4.72 Å². The highest BCUT2D eigenvalue weighted by atomic mass is 32.2. The molecule has 0 amide bonds. The van der Waals surface area contributed by atoms with E-state index in [0.29, 0.717) is 0 Å². The fourth-order valence-electron chi connectivity index (χ4n) is 1.20. The molecule has 0 heterocycles. The van der Waals surface area contributed by atoms with E-state index in [4.69, 9.17) is 10.2 Å². The lowest BCUT2D eigenvalue weighted by molar-refractivity contribution is -0.139. The molecular formula is C9H8F3NO5S. The maximum atomic E-state index is 13.3. The van der Waals surface area contributed by atoms with Crippen molar-refractivity contribution in [2.45, 2.75) is 10.9 Å². The molecule has 0 fully saturated rings. The van der Waals surface area contributed by atoms with Crippen molar-refractivity contribution in [3.05, 3.63) is 29.6 Å². The zero-order chi connectivity index (χ0) is 14.8. The predicted molar refractivity (Wildman–Crippen MR) is 55.1 cm³/mol. The summed E-state index contributed by atoms with van der Waals surface area (Å²) in [5.41, 5.74) is 0. The number of sulfonamides is 1. The van der Waals surface area contributed by atoms with Crippen LogP contribution in [0.3, 0.4) is 0 Å². The molecule has 0 aromatic heterocycles. The summed E-state index contributed by atoms with van der Waals surface area (Å²) >= 11 is 0. The number of aliphatic hydroxyl groups is 1. The topological polar surface area (TPSA) is 104 Å². The van der Waals surface area contributed by atoms with Crippen LogP contribution in [0.5, 0.6) is 0 Å². The van der Waals surface area contributed by atoms with Crippen molar-refractivity contribution < 1.29 is 36.6 Å². The third-order valence-electron chi connectivity index (χ3n) is 2.01. The number of carboxylic acid groups (broad SMARTS) is 1. The maximum absolute atomic E-state index is 13.3. The smallest absolute Gasteiger partial charge is 0.324 e. The fourth-order valence-corrected chi connectivity index (χ4v) is 2.50. The van der Waals surface area contributed by atoms with Crippen LogP contribution in [0.15, 0.2) is 17.0 Å². The Morgan fingerprint density at radius 3 is 2.11 bits per heavy atom. The molecule has 0 aliphatic rings. The lowest BCUT2D eigenvalue weighted by Crippen LogP contribution is -2.43. The average molecular weight is 299 g/mol. The first kappa shape index (κ1) is 15.4. The van der Waals surface area contributed by atoms with E-state index in [0.717, 1.165) is 0 Å². The minimum Gasteiger partial charge on any atom is -0.480 e. The number of halogens is 3. The van der Waals surface area contributed by atoms with Gasteiger partial charge >= 0.3 is 5.97 Å². The number of hydrogen-bond donors (Lipinski definition) is 3. The van der Waals surface area contributed by atoms with Crippen LogP contribution in [-0.4, -0.2) is 37.2 Å². The monoisotopic (exact) mass is 299 g/mol. The van der Waals surface area contributed by atoms with Crippen LogP contribution in [0.1, 0.15) is 0 Å². The first-order valence-electron chi connectivity index (χ1n) is 4.69. The molecule has 1 aromatic rings. The number of benzene rings is 1. The SMILES string of the molecule is O=C(O)[C@H](CO)NS(=O)(=O)c1c(F)cc(F)cc1F. The van der Waals surface area contributed by atoms with E-state index in [1.54, 1.807) is 0 Å². The Labute approximate surface area is 105 Å². The molecule has 0 aliphatic carbocycles. The van der Waals surface area contributed by atoms with Gasteiger partial charge in [0.2, 0.25) is 10.0 Å².